The van der Waals surface area contributed by atoms with Crippen LogP contribution in [0.4, 0.5) is 5.69 Å². The molecule has 3 rings (SSSR count). The molecule has 2 heterocycles. The summed E-state index contributed by atoms with van der Waals surface area (Å²) in [5.41, 5.74) is 2.54. The number of nitrogens with one attached hydrogen (secondary N) is 1. The molecule has 0 amide bonds. The summed E-state index contributed by atoms with van der Waals surface area (Å²) in [7, 11) is 1.88. The average molecular weight is 304 g/mol. The van der Waals surface area contributed by atoms with E-state index in [1.165, 1.54) is 16.7 Å². The van der Waals surface area contributed by atoms with Crippen LogP contribution in [0.2, 0.25) is 0 Å². The van der Waals surface area contributed by atoms with Crippen LogP contribution in [0.15, 0.2) is 23.6 Å². The maximum atomic E-state index is 11.1. The number of thiophene rings is 1. The normalized spacial score (nSPS) is 10.9. The molecule has 0 aliphatic rings. The molecule has 0 atom stereocenters. The summed E-state index contributed by atoms with van der Waals surface area (Å²) in [6.45, 7) is 1.73. The molecule has 0 radical (unpaired) electrons. The van der Waals surface area contributed by atoms with E-state index in [0.717, 1.165) is 21.0 Å². The number of carboxylic acids is 1. The molecule has 0 fully saturated rings. The minimum Gasteiger partial charge on any atom is -0.477 e. The van der Waals surface area contributed by atoms with Gasteiger partial charge in [-0.25, -0.2) is 9.78 Å². The molecule has 1 aromatic carbocycles. The number of benzene rings is 1. The lowest BCUT2D eigenvalue weighted by Gasteiger charge is -2.05. The van der Waals surface area contributed by atoms with Crippen molar-refractivity contribution in [3.8, 4) is 10.6 Å². The van der Waals surface area contributed by atoms with Crippen molar-refractivity contribution >= 4 is 44.4 Å². The molecule has 4 nitrogen and oxygen atoms in total. The molecule has 102 valence electrons. The summed E-state index contributed by atoms with van der Waals surface area (Å²) in [6.07, 6.45) is 0. The van der Waals surface area contributed by atoms with Gasteiger partial charge in [-0.3, -0.25) is 0 Å². The van der Waals surface area contributed by atoms with Crippen LogP contribution in [0.25, 0.3) is 20.7 Å². The van der Waals surface area contributed by atoms with Crippen LogP contribution in [-0.2, 0) is 0 Å². The third kappa shape index (κ3) is 2.07. The van der Waals surface area contributed by atoms with E-state index in [1.54, 1.807) is 18.3 Å². The van der Waals surface area contributed by atoms with Crippen LogP contribution in [-0.4, -0.2) is 23.1 Å². The first-order valence-electron chi connectivity index (χ1n) is 6.00. The molecule has 0 saturated carbocycles. The van der Waals surface area contributed by atoms with Gasteiger partial charge in [-0.15, -0.1) is 22.7 Å². The van der Waals surface area contributed by atoms with Gasteiger partial charge in [0.05, 0.1) is 5.69 Å². The largest absolute Gasteiger partial charge is 0.477 e. The van der Waals surface area contributed by atoms with Gasteiger partial charge in [0.1, 0.15) is 9.88 Å². The summed E-state index contributed by atoms with van der Waals surface area (Å²) >= 11 is 2.88. The minimum absolute atomic E-state index is 0.303. The Bertz CT molecular complexity index is 805. The molecule has 0 unspecified atom stereocenters. The highest BCUT2D eigenvalue weighted by Gasteiger charge is 2.16. The van der Waals surface area contributed by atoms with Gasteiger partial charge in [0, 0.05) is 28.4 Å². The number of carboxylic acid groups (broad SMARTS) is 1. The first-order chi connectivity index (χ1) is 9.60. The molecule has 2 N–H and O–H groups in total. The van der Waals surface area contributed by atoms with Gasteiger partial charge in [0.15, 0.2) is 0 Å². The zero-order chi connectivity index (χ0) is 14.3. The monoisotopic (exact) mass is 304 g/mol. The molecular formula is C14H12N2O2S2. The van der Waals surface area contributed by atoms with E-state index in [1.807, 2.05) is 18.5 Å². The third-order valence-corrected chi connectivity index (χ3v) is 5.14. The summed E-state index contributed by atoms with van der Waals surface area (Å²) < 4.78 is 1.16. The standard InChI is InChI=1S/C14H12N2O2S2/c1-7-12(14(17)18)20-13(16-7)8-5-10(15-2)9-3-4-19-11(9)6-8/h3-6,15H,1-2H3,(H,17,18). The number of aromatic nitrogens is 1. The number of fused-ring (bicyclic) bond motifs is 1. The summed E-state index contributed by atoms with van der Waals surface area (Å²) in [6, 6.07) is 6.15. The van der Waals surface area contributed by atoms with Crippen molar-refractivity contribution in [2.45, 2.75) is 6.92 Å². The van der Waals surface area contributed by atoms with Crippen molar-refractivity contribution in [2.75, 3.05) is 12.4 Å². The number of aryl methyl sites for hydroxylation is 1. The Morgan fingerprint density at radius 3 is 2.85 bits per heavy atom. The molecular weight excluding hydrogens is 292 g/mol. The van der Waals surface area contributed by atoms with Gasteiger partial charge in [-0.1, -0.05) is 0 Å². The smallest absolute Gasteiger partial charge is 0.347 e. The van der Waals surface area contributed by atoms with Crippen molar-refractivity contribution in [1.82, 2.24) is 4.98 Å². The zero-order valence-corrected chi connectivity index (χ0v) is 12.6. The fourth-order valence-corrected chi connectivity index (χ4v) is 3.86. The van der Waals surface area contributed by atoms with Crippen molar-refractivity contribution in [1.29, 1.82) is 0 Å². The van der Waals surface area contributed by atoms with Gasteiger partial charge in [-0.2, -0.15) is 0 Å². The zero-order valence-electron chi connectivity index (χ0n) is 10.9. The predicted octanol–water partition coefficient (Wildman–Crippen LogP) is 4.07. The number of hydrogen-bond donors (Lipinski definition) is 2. The quantitative estimate of drug-likeness (QED) is 0.765. The highest BCUT2D eigenvalue weighted by molar-refractivity contribution is 7.18. The molecule has 2 aromatic heterocycles. The maximum absolute atomic E-state index is 11.1. The third-order valence-electron chi connectivity index (χ3n) is 3.08. The fraction of sp³-hybridized carbons (Fsp3) is 0.143. The Morgan fingerprint density at radius 2 is 2.20 bits per heavy atom. The van der Waals surface area contributed by atoms with Crippen LogP contribution < -0.4 is 5.32 Å². The van der Waals surface area contributed by atoms with Crippen molar-refractivity contribution in [2.24, 2.45) is 0 Å². The van der Waals surface area contributed by atoms with Gasteiger partial charge >= 0.3 is 5.97 Å². The van der Waals surface area contributed by atoms with Crippen LogP contribution in [0.1, 0.15) is 15.4 Å². The second-order valence-corrected chi connectivity index (χ2v) is 6.29. The maximum Gasteiger partial charge on any atom is 0.347 e. The van der Waals surface area contributed by atoms with E-state index >= 15 is 0 Å². The van der Waals surface area contributed by atoms with E-state index in [-0.39, 0.29) is 0 Å². The van der Waals surface area contributed by atoms with Crippen LogP contribution in [0, 0.1) is 6.92 Å². The number of thiazole rings is 1. The van der Waals surface area contributed by atoms with Crippen molar-refractivity contribution in [3.63, 3.8) is 0 Å². The number of aromatic carboxylic acids is 1. The minimum atomic E-state index is -0.919. The van der Waals surface area contributed by atoms with Gasteiger partial charge < -0.3 is 10.4 Å². The van der Waals surface area contributed by atoms with Gasteiger partial charge in [0.25, 0.3) is 0 Å². The number of carbonyl (C=O) groups is 1. The SMILES string of the molecule is CNc1cc(-c2nc(C)c(C(=O)O)s2)cc2sccc12. The number of nitrogens with zero attached hydrogens (tertiary/aromatic N) is 1. The van der Waals surface area contributed by atoms with Crippen LogP contribution >= 0.6 is 22.7 Å². The van der Waals surface area contributed by atoms with E-state index in [9.17, 15) is 4.79 Å². The molecule has 20 heavy (non-hydrogen) atoms. The molecule has 6 heteroatoms. The number of hydrogen-bond acceptors (Lipinski definition) is 5. The Kier molecular flexibility index (Phi) is 3.19. The molecule has 0 bridgehead atoms. The Morgan fingerprint density at radius 1 is 1.40 bits per heavy atom. The van der Waals surface area contributed by atoms with Crippen LogP contribution in [0.3, 0.4) is 0 Å². The highest BCUT2D eigenvalue weighted by atomic mass is 32.1. The van der Waals surface area contributed by atoms with Gasteiger partial charge in [0.2, 0.25) is 0 Å². The van der Waals surface area contributed by atoms with E-state index in [2.05, 4.69) is 22.4 Å². The summed E-state index contributed by atoms with van der Waals surface area (Å²) in [5.74, 6) is -0.919. The summed E-state index contributed by atoms with van der Waals surface area (Å²) in [4.78, 5) is 15.8. The topological polar surface area (TPSA) is 62.2 Å². The lowest BCUT2D eigenvalue weighted by molar-refractivity contribution is 0.0701. The molecule has 0 aliphatic heterocycles. The van der Waals surface area contributed by atoms with E-state index in [0.29, 0.717) is 10.6 Å². The Hall–Kier alpha value is -1.92. The molecule has 0 aliphatic carbocycles. The Labute approximate surface area is 123 Å². The second kappa shape index (κ2) is 4.88. The van der Waals surface area contributed by atoms with Crippen molar-refractivity contribution in [3.05, 3.63) is 34.2 Å². The predicted molar refractivity (Wildman–Crippen MR) is 84.2 cm³/mol. The molecule has 0 spiro atoms. The lowest BCUT2D eigenvalue weighted by atomic mass is 10.1. The first kappa shape index (κ1) is 13.1. The molecule has 3 aromatic rings. The second-order valence-electron chi connectivity index (χ2n) is 4.34. The van der Waals surface area contributed by atoms with Gasteiger partial charge in [-0.05, 0) is 30.5 Å². The lowest BCUT2D eigenvalue weighted by Crippen LogP contribution is -1.94. The van der Waals surface area contributed by atoms with Crippen LogP contribution in [0.5, 0.6) is 0 Å². The first-order valence-corrected chi connectivity index (χ1v) is 7.70. The number of anilines is 1. The molecule has 0 saturated heterocycles. The fourth-order valence-electron chi connectivity index (χ4n) is 2.12. The van der Waals surface area contributed by atoms with E-state index in [4.69, 9.17) is 5.11 Å². The van der Waals surface area contributed by atoms with E-state index < -0.39 is 5.97 Å². The average Bonchev–Trinajstić information content (AvgIpc) is 3.03. The van der Waals surface area contributed by atoms with Crippen molar-refractivity contribution < 1.29 is 9.90 Å². The Balaban J connectivity index is 2.18. The number of rotatable bonds is 3. The highest BCUT2D eigenvalue weighted by Crippen LogP contribution is 2.36. The summed E-state index contributed by atoms with van der Waals surface area (Å²) in [5, 5.41) is 16.3.